The Morgan fingerprint density at radius 1 is 1.30 bits per heavy atom. The summed E-state index contributed by atoms with van der Waals surface area (Å²) in [6, 6.07) is 10.3. The minimum Gasteiger partial charge on any atom is -0.487 e. The summed E-state index contributed by atoms with van der Waals surface area (Å²) in [5, 5.41) is 3.38. The number of halogens is 1. The molecule has 104 valence electrons. The highest BCUT2D eigenvalue weighted by atomic mass is 79.9. The van der Waals surface area contributed by atoms with E-state index in [4.69, 9.17) is 4.74 Å². The Hall–Kier alpha value is -1.55. The number of hydrogen-bond donors (Lipinski definition) is 1. The second-order valence-electron chi connectivity index (χ2n) is 5.70. The summed E-state index contributed by atoms with van der Waals surface area (Å²) in [6.07, 6.45) is 2.79. The van der Waals surface area contributed by atoms with Crippen LogP contribution < -0.4 is 10.1 Å². The average molecular weight is 333 g/mol. The molecule has 1 aromatic heterocycles. The summed E-state index contributed by atoms with van der Waals surface area (Å²) in [6.45, 7) is 5.04. The number of ether oxygens (including phenoxy) is 1. The van der Waals surface area contributed by atoms with Gasteiger partial charge in [-0.1, -0.05) is 12.1 Å². The van der Waals surface area contributed by atoms with Gasteiger partial charge in [-0.2, -0.15) is 0 Å². The van der Waals surface area contributed by atoms with Gasteiger partial charge in [0.25, 0.3) is 0 Å². The number of fused-ring (bicyclic) bond motifs is 1. The first-order valence-electron chi connectivity index (χ1n) is 6.68. The van der Waals surface area contributed by atoms with Gasteiger partial charge in [0, 0.05) is 13.0 Å². The lowest BCUT2D eigenvalue weighted by Gasteiger charge is -2.16. The third-order valence-corrected chi connectivity index (χ3v) is 3.82. The summed E-state index contributed by atoms with van der Waals surface area (Å²) < 4.78 is 6.74. The summed E-state index contributed by atoms with van der Waals surface area (Å²) in [5.41, 5.74) is 3.49. The Balaban J connectivity index is 1.69. The number of pyridine rings is 1. The van der Waals surface area contributed by atoms with E-state index in [1.54, 1.807) is 0 Å². The normalized spacial score (nSPS) is 15.6. The smallest absolute Gasteiger partial charge is 0.123 e. The van der Waals surface area contributed by atoms with E-state index >= 15 is 0 Å². The molecule has 3 nitrogen and oxygen atoms in total. The number of rotatable bonds is 3. The number of benzene rings is 1. The van der Waals surface area contributed by atoms with E-state index in [1.807, 2.05) is 18.3 Å². The molecule has 0 fully saturated rings. The van der Waals surface area contributed by atoms with E-state index in [9.17, 15) is 0 Å². The van der Waals surface area contributed by atoms with Crippen LogP contribution in [-0.4, -0.2) is 10.6 Å². The van der Waals surface area contributed by atoms with E-state index in [-0.39, 0.29) is 5.60 Å². The van der Waals surface area contributed by atoms with Crippen molar-refractivity contribution in [3.63, 3.8) is 0 Å². The van der Waals surface area contributed by atoms with E-state index in [2.05, 4.69) is 58.3 Å². The Morgan fingerprint density at radius 3 is 2.90 bits per heavy atom. The van der Waals surface area contributed by atoms with E-state index in [0.29, 0.717) is 0 Å². The van der Waals surface area contributed by atoms with Crippen LogP contribution in [0.5, 0.6) is 5.75 Å². The van der Waals surface area contributed by atoms with Gasteiger partial charge in [-0.25, -0.2) is 4.98 Å². The predicted molar refractivity (Wildman–Crippen MR) is 84.1 cm³/mol. The highest BCUT2D eigenvalue weighted by Crippen LogP contribution is 2.35. The van der Waals surface area contributed by atoms with Gasteiger partial charge in [-0.3, -0.25) is 0 Å². The molecule has 0 saturated heterocycles. The zero-order valence-electron chi connectivity index (χ0n) is 11.6. The van der Waals surface area contributed by atoms with E-state index in [0.717, 1.165) is 29.0 Å². The van der Waals surface area contributed by atoms with Gasteiger partial charge in [0.2, 0.25) is 0 Å². The van der Waals surface area contributed by atoms with Gasteiger partial charge >= 0.3 is 0 Å². The van der Waals surface area contributed by atoms with Gasteiger partial charge in [-0.15, -0.1) is 0 Å². The van der Waals surface area contributed by atoms with Crippen molar-refractivity contribution < 1.29 is 4.74 Å². The second kappa shape index (κ2) is 5.09. The van der Waals surface area contributed by atoms with Crippen molar-refractivity contribution in [2.45, 2.75) is 32.4 Å². The van der Waals surface area contributed by atoms with Crippen molar-refractivity contribution in [1.29, 1.82) is 0 Å². The highest BCUT2D eigenvalue weighted by molar-refractivity contribution is 9.10. The van der Waals surface area contributed by atoms with Crippen LogP contribution in [0.4, 0.5) is 5.69 Å². The third kappa shape index (κ3) is 2.96. The summed E-state index contributed by atoms with van der Waals surface area (Å²) >= 11 is 3.33. The van der Waals surface area contributed by atoms with Crippen LogP contribution in [0.2, 0.25) is 0 Å². The maximum absolute atomic E-state index is 5.89. The molecule has 1 aliphatic rings. The van der Waals surface area contributed by atoms with Crippen LogP contribution in [0.3, 0.4) is 0 Å². The van der Waals surface area contributed by atoms with Gasteiger partial charge < -0.3 is 10.1 Å². The molecule has 1 aromatic carbocycles. The van der Waals surface area contributed by atoms with Crippen LogP contribution in [0.15, 0.2) is 41.1 Å². The fraction of sp³-hybridized carbons (Fsp3) is 0.312. The predicted octanol–water partition coefficient (Wildman–Crippen LogP) is 4.17. The SMILES string of the molecule is CC1(C)Cc2cc(CNc3ccc(Br)nc3)ccc2O1. The average Bonchev–Trinajstić information content (AvgIpc) is 2.71. The maximum Gasteiger partial charge on any atom is 0.123 e. The summed E-state index contributed by atoms with van der Waals surface area (Å²) in [7, 11) is 0. The first-order valence-corrected chi connectivity index (χ1v) is 7.47. The molecule has 2 heterocycles. The van der Waals surface area contributed by atoms with Crippen LogP contribution in [0.25, 0.3) is 0 Å². The Labute approximate surface area is 127 Å². The fourth-order valence-corrected chi connectivity index (χ4v) is 2.69. The lowest BCUT2D eigenvalue weighted by atomic mass is 10.0. The van der Waals surface area contributed by atoms with Gasteiger partial charge in [0.15, 0.2) is 0 Å². The quantitative estimate of drug-likeness (QED) is 0.856. The fourth-order valence-electron chi connectivity index (χ4n) is 2.46. The van der Waals surface area contributed by atoms with Crippen LogP contribution in [0, 0.1) is 0 Å². The lowest BCUT2D eigenvalue weighted by molar-refractivity contribution is 0.138. The monoisotopic (exact) mass is 332 g/mol. The van der Waals surface area contributed by atoms with Crippen molar-refractivity contribution in [3.8, 4) is 5.75 Å². The molecule has 3 rings (SSSR count). The summed E-state index contributed by atoms with van der Waals surface area (Å²) in [4.78, 5) is 4.20. The number of nitrogens with zero attached hydrogens (tertiary/aromatic N) is 1. The molecule has 0 bridgehead atoms. The molecular weight excluding hydrogens is 316 g/mol. The molecule has 1 aliphatic heterocycles. The molecule has 0 unspecified atom stereocenters. The highest BCUT2D eigenvalue weighted by Gasteiger charge is 2.29. The largest absolute Gasteiger partial charge is 0.487 e. The standard InChI is InChI=1S/C16H17BrN2O/c1-16(2)8-12-7-11(3-5-14(12)20-16)9-18-13-4-6-15(17)19-10-13/h3-7,10,18H,8-9H2,1-2H3. The summed E-state index contributed by atoms with van der Waals surface area (Å²) in [5.74, 6) is 1.02. The van der Waals surface area contributed by atoms with Gasteiger partial charge in [0.05, 0.1) is 11.9 Å². The molecule has 4 heteroatoms. The molecule has 0 aliphatic carbocycles. The van der Waals surface area contributed by atoms with Crippen LogP contribution in [-0.2, 0) is 13.0 Å². The van der Waals surface area contributed by atoms with Gasteiger partial charge in [-0.05, 0) is 59.1 Å². The van der Waals surface area contributed by atoms with Crippen molar-refractivity contribution in [2.24, 2.45) is 0 Å². The van der Waals surface area contributed by atoms with Crippen LogP contribution in [0.1, 0.15) is 25.0 Å². The van der Waals surface area contributed by atoms with Crippen molar-refractivity contribution in [3.05, 3.63) is 52.3 Å². The number of anilines is 1. The van der Waals surface area contributed by atoms with E-state index < -0.39 is 0 Å². The van der Waals surface area contributed by atoms with E-state index in [1.165, 1.54) is 11.1 Å². The second-order valence-corrected chi connectivity index (χ2v) is 6.52. The topological polar surface area (TPSA) is 34.2 Å². The van der Waals surface area contributed by atoms with Crippen molar-refractivity contribution in [2.75, 3.05) is 5.32 Å². The zero-order chi connectivity index (χ0) is 14.2. The lowest BCUT2D eigenvalue weighted by Crippen LogP contribution is -2.24. The van der Waals surface area contributed by atoms with Crippen molar-refractivity contribution in [1.82, 2.24) is 4.98 Å². The maximum atomic E-state index is 5.89. The number of nitrogens with one attached hydrogen (secondary N) is 1. The molecule has 2 aromatic rings. The third-order valence-electron chi connectivity index (χ3n) is 3.35. The zero-order valence-corrected chi connectivity index (χ0v) is 13.2. The molecule has 0 amide bonds. The molecule has 1 N–H and O–H groups in total. The Kier molecular flexibility index (Phi) is 3.42. The Morgan fingerprint density at radius 2 is 2.15 bits per heavy atom. The molecule has 0 radical (unpaired) electrons. The molecule has 0 atom stereocenters. The first-order chi connectivity index (χ1) is 9.52. The number of aromatic nitrogens is 1. The minimum atomic E-state index is -0.0794. The molecule has 0 saturated carbocycles. The van der Waals surface area contributed by atoms with Gasteiger partial charge in [0.1, 0.15) is 16.0 Å². The molecule has 20 heavy (non-hydrogen) atoms. The first kappa shape index (κ1) is 13.4. The minimum absolute atomic E-state index is 0.0794. The molecular formula is C16H17BrN2O. The number of hydrogen-bond acceptors (Lipinski definition) is 3. The molecule has 0 spiro atoms. The van der Waals surface area contributed by atoms with Crippen LogP contribution >= 0.6 is 15.9 Å². The Bertz CT molecular complexity index is 623. The van der Waals surface area contributed by atoms with Crippen molar-refractivity contribution >= 4 is 21.6 Å².